The lowest BCUT2D eigenvalue weighted by molar-refractivity contribution is 0.590. The first-order valence-electron chi connectivity index (χ1n) is 18.6. The van der Waals surface area contributed by atoms with Gasteiger partial charge in [-0.2, -0.15) is 0 Å². The Balaban J connectivity index is 1.18. The van der Waals surface area contributed by atoms with Gasteiger partial charge in [-0.05, 0) is 59.5 Å². The molecule has 0 saturated carbocycles. The molecule has 0 fully saturated rings. The number of benzene rings is 7. The summed E-state index contributed by atoms with van der Waals surface area (Å²) in [6, 6.07) is 53.5. The summed E-state index contributed by atoms with van der Waals surface area (Å²) in [5.74, 6) is 1.86. The van der Waals surface area contributed by atoms with Gasteiger partial charge in [-0.3, -0.25) is 0 Å². The van der Waals surface area contributed by atoms with Gasteiger partial charge in [-0.1, -0.05) is 124 Å². The van der Waals surface area contributed by atoms with Crippen LogP contribution in [-0.2, 0) is 5.41 Å². The van der Waals surface area contributed by atoms with E-state index in [1.54, 1.807) is 11.3 Å². The van der Waals surface area contributed by atoms with Crippen LogP contribution < -0.4 is 0 Å². The van der Waals surface area contributed by atoms with Crippen LogP contribution in [0.4, 0.5) is 0 Å². The fraction of sp³-hybridized carbons (Fsp3) is 0.0816. The van der Waals surface area contributed by atoms with Gasteiger partial charge in [-0.25, -0.2) is 15.0 Å². The van der Waals surface area contributed by atoms with Gasteiger partial charge < -0.3 is 8.98 Å². The fourth-order valence-corrected chi connectivity index (χ4v) is 9.34. The lowest BCUT2D eigenvalue weighted by Crippen LogP contribution is -2.10. The minimum atomic E-state index is 0.0634. The van der Waals surface area contributed by atoms with Crippen molar-refractivity contribution in [3.05, 3.63) is 157 Å². The molecule has 0 spiro atoms. The van der Waals surface area contributed by atoms with E-state index < -0.39 is 0 Å². The molecule has 0 aliphatic rings. The molecule has 11 aromatic rings. The van der Waals surface area contributed by atoms with E-state index in [4.69, 9.17) is 19.4 Å². The molecule has 4 heterocycles. The molecule has 0 amide bonds. The standard InChI is InChI=1S/C49H34N4OS/c1-49(2,3)30-23-25-31(26-24-30)53-39-18-7-4-12-32(39)33-27-22-29(28-40(33)53)46-50-47(37-16-11-20-42-44(37)36-14-5-8-19-41(36)54-42)52-48(51-46)38-17-10-15-35-34-13-6-9-21-43(34)55-45(35)38/h4-28H,1-3H3. The summed E-state index contributed by atoms with van der Waals surface area (Å²) < 4.78 is 11.1. The highest BCUT2D eigenvalue weighted by Gasteiger charge is 2.21. The van der Waals surface area contributed by atoms with Crippen LogP contribution >= 0.6 is 11.3 Å². The Kier molecular flexibility index (Phi) is 6.91. The third-order valence-electron chi connectivity index (χ3n) is 10.8. The van der Waals surface area contributed by atoms with E-state index >= 15 is 0 Å². The molecule has 0 N–H and O–H groups in total. The molecule has 0 bridgehead atoms. The first-order chi connectivity index (χ1) is 26.9. The van der Waals surface area contributed by atoms with Crippen molar-refractivity contribution in [1.29, 1.82) is 0 Å². The zero-order chi connectivity index (χ0) is 36.8. The summed E-state index contributed by atoms with van der Waals surface area (Å²) in [5.41, 5.74) is 9.19. The second-order valence-electron chi connectivity index (χ2n) is 15.2. The maximum atomic E-state index is 6.32. The highest BCUT2D eigenvalue weighted by Crippen LogP contribution is 2.42. The average molecular weight is 727 g/mol. The number of rotatable bonds is 4. The Bertz CT molecular complexity index is 3310. The molecule has 6 heteroatoms. The molecule has 0 aliphatic heterocycles. The summed E-state index contributed by atoms with van der Waals surface area (Å²) in [4.78, 5) is 15.9. The van der Waals surface area contributed by atoms with Crippen molar-refractivity contribution in [1.82, 2.24) is 19.5 Å². The van der Waals surface area contributed by atoms with E-state index in [-0.39, 0.29) is 5.41 Å². The van der Waals surface area contributed by atoms with E-state index in [0.29, 0.717) is 17.5 Å². The van der Waals surface area contributed by atoms with Gasteiger partial charge in [0, 0.05) is 64.1 Å². The van der Waals surface area contributed by atoms with Crippen molar-refractivity contribution in [2.24, 2.45) is 0 Å². The Morgan fingerprint density at radius 1 is 0.509 bits per heavy atom. The van der Waals surface area contributed by atoms with E-state index in [1.807, 2.05) is 30.3 Å². The Hall–Kier alpha value is -6.63. The third kappa shape index (κ3) is 5.02. The number of nitrogens with zero attached hydrogens (tertiary/aromatic N) is 4. The quantitative estimate of drug-likeness (QED) is 0.181. The second kappa shape index (κ2) is 11.9. The van der Waals surface area contributed by atoms with Gasteiger partial charge in [-0.15, -0.1) is 11.3 Å². The van der Waals surface area contributed by atoms with Crippen molar-refractivity contribution >= 4 is 75.3 Å². The van der Waals surface area contributed by atoms with Crippen molar-refractivity contribution in [2.45, 2.75) is 26.2 Å². The highest BCUT2D eigenvalue weighted by molar-refractivity contribution is 7.26. The molecule has 0 aliphatic carbocycles. The van der Waals surface area contributed by atoms with Gasteiger partial charge in [0.25, 0.3) is 0 Å². The van der Waals surface area contributed by atoms with Crippen LogP contribution in [0.25, 0.3) is 104 Å². The lowest BCUT2D eigenvalue weighted by atomic mass is 9.87. The zero-order valence-electron chi connectivity index (χ0n) is 30.5. The molecule has 11 rings (SSSR count). The summed E-state index contributed by atoms with van der Waals surface area (Å²) in [6.07, 6.45) is 0. The Labute approximate surface area is 321 Å². The summed E-state index contributed by atoms with van der Waals surface area (Å²) in [5, 5.41) is 6.85. The van der Waals surface area contributed by atoms with Crippen LogP contribution in [0.3, 0.4) is 0 Å². The summed E-state index contributed by atoms with van der Waals surface area (Å²) in [7, 11) is 0. The monoisotopic (exact) mass is 726 g/mol. The summed E-state index contributed by atoms with van der Waals surface area (Å²) >= 11 is 1.78. The highest BCUT2D eigenvalue weighted by atomic mass is 32.1. The molecular formula is C49H34N4OS. The molecule has 0 atom stereocenters. The molecule has 0 unspecified atom stereocenters. The number of para-hydroxylation sites is 2. The van der Waals surface area contributed by atoms with Gasteiger partial charge >= 0.3 is 0 Å². The predicted molar refractivity (Wildman–Crippen MR) is 229 cm³/mol. The maximum absolute atomic E-state index is 6.32. The first-order valence-corrected chi connectivity index (χ1v) is 19.4. The predicted octanol–water partition coefficient (Wildman–Crippen LogP) is 13.5. The van der Waals surface area contributed by atoms with Crippen molar-refractivity contribution < 1.29 is 4.42 Å². The van der Waals surface area contributed by atoms with E-state index in [9.17, 15) is 0 Å². The average Bonchev–Trinajstić information content (AvgIpc) is 3.90. The van der Waals surface area contributed by atoms with E-state index in [2.05, 4.69) is 147 Å². The van der Waals surface area contributed by atoms with Crippen LogP contribution in [0, 0.1) is 0 Å². The van der Waals surface area contributed by atoms with Crippen LogP contribution in [0.2, 0.25) is 0 Å². The minimum absolute atomic E-state index is 0.0634. The SMILES string of the molecule is CC(C)(C)c1ccc(-n2c3ccccc3c3ccc(-c4nc(-c5cccc6c5sc5ccccc56)nc(-c5cccc6oc7ccccc7c56)n4)cc32)cc1. The Morgan fingerprint density at radius 3 is 1.98 bits per heavy atom. The first kappa shape index (κ1) is 31.9. The zero-order valence-corrected chi connectivity index (χ0v) is 31.4. The largest absolute Gasteiger partial charge is 0.456 e. The maximum Gasteiger partial charge on any atom is 0.165 e. The van der Waals surface area contributed by atoms with Crippen molar-refractivity contribution in [3.8, 4) is 39.9 Å². The number of furan rings is 1. The molecule has 55 heavy (non-hydrogen) atoms. The number of fused-ring (bicyclic) bond motifs is 9. The smallest absolute Gasteiger partial charge is 0.165 e. The van der Waals surface area contributed by atoms with Gasteiger partial charge in [0.15, 0.2) is 17.5 Å². The fourth-order valence-electron chi connectivity index (χ4n) is 8.13. The Morgan fingerprint density at radius 2 is 1.15 bits per heavy atom. The molecule has 262 valence electrons. The number of thiophene rings is 1. The van der Waals surface area contributed by atoms with E-state index in [0.717, 1.165) is 60.0 Å². The topological polar surface area (TPSA) is 56.7 Å². The van der Waals surface area contributed by atoms with E-state index in [1.165, 1.54) is 31.8 Å². The van der Waals surface area contributed by atoms with Crippen LogP contribution in [0.15, 0.2) is 156 Å². The van der Waals surface area contributed by atoms with Gasteiger partial charge in [0.2, 0.25) is 0 Å². The second-order valence-corrected chi connectivity index (χ2v) is 16.3. The molecule has 0 radical (unpaired) electrons. The molecule has 0 saturated heterocycles. The number of hydrogen-bond donors (Lipinski definition) is 0. The molecular weight excluding hydrogens is 693 g/mol. The lowest BCUT2D eigenvalue weighted by Gasteiger charge is -2.19. The third-order valence-corrected chi connectivity index (χ3v) is 12.1. The number of hydrogen-bond acceptors (Lipinski definition) is 5. The van der Waals surface area contributed by atoms with Crippen molar-refractivity contribution in [3.63, 3.8) is 0 Å². The van der Waals surface area contributed by atoms with Gasteiger partial charge in [0.1, 0.15) is 11.2 Å². The van der Waals surface area contributed by atoms with Crippen molar-refractivity contribution in [2.75, 3.05) is 0 Å². The van der Waals surface area contributed by atoms with Crippen LogP contribution in [-0.4, -0.2) is 19.5 Å². The molecule has 4 aromatic heterocycles. The molecule has 5 nitrogen and oxygen atoms in total. The normalized spacial score (nSPS) is 12.3. The minimum Gasteiger partial charge on any atom is -0.456 e. The number of aromatic nitrogens is 4. The van der Waals surface area contributed by atoms with Crippen LogP contribution in [0.1, 0.15) is 26.3 Å². The van der Waals surface area contributed by atoms with Gasteiger partial charge in [0.05, 0.1) is 11.0 Å². The molecule has 7 aromatic carbocycles. The summed E-state index contributed by atoms with van der Waals surface area (Å²) in [6.45, 7) is 6.76. The van der Waals surface area contributed by atoms with Crippen LogP contribution in [0.5, 0.6) is 0 Å².